The summed E-state index contributed by atoms with van der Waals surface area (Å²) in [7, 11) is 0. The van der Waals surface area contributed by atoms with Crippen molar-refractivity contribution in [3.63, 3.8) is 0 Å². The van der Waals surface area contributed by atoms with Crippen molar-refractivity contribution in [3.8, 4) is 11.5 Å². The summed E-state index contributed by atoms with van der Waals surface area (Å²) >= 11 is 0. The van der Waals surface area contributed by atoms with Crippen LogP contribution < -0.4 is 5.73 Å². The second-order valence-electron chi connectivity index (χ2n) is 2.78. The quantitative estimate of drug-likeness (QED) is 0.414. The molecule has 74 valence electrons. The standard InChI is InChI=1S/C9H11N3O2/c10-9(11)5-12-4-6-1-7(13)3-8(14)2-6/h1-4,13-14H,5H2,(H3,10,11). The highest BCUT2D eigenvalue weighted by Crippen LogP contribution is 2.18. The number of aliphatic imine (C=N–C) groups is 1. The van der Waals surface area contributed by atoms with Gasteiger partial charge < -0.3 is 15.9 Å². The second-order valence-corrected chi connectivity index (χ2v) is 2.78. The molecule has 5 nitrogen and oxygen atoms in total. The summed E-state index contributed by atoms with van der Waals surface area (Å²) in [5, 5.41) is 25.1. The number of benzene rings is 1. The molecule has 0 amide bonds. The van der Waals surface area contributed by atoms with Gasteiger partial charge in [-0.1, -0.05) is 0 Å². The maximum atomic E-state index is 9.11. The molecular formula is C9H11N3O2. The molecule has 0 aliphatic heterocycles. The molecule has 1 aromatic carbocycles. The van der Waals surface area contributed by atoms with Crippen LogP contribution in [-0.2, 0) is 0 Å². The zero-order valence-electron chi connectivity index (χ0n) is 7.44. The third kappa shape index (κ3) is 3.14. The van der Waals surface area contributed by atoms with Crippen LogP contribution in [0.2, 0.25) is 0 Å². The van der Waals surface area contributed by atoms with Crippen molar-refractivity contribution in [2.75, 3.05) is 6.54 Å². The lowest BCUT2D eigenvalue weighted by Crippen LogP contribution is -2.12. The molecule has 1 rings (SSSR count). The van der Waals surface area contributed by atoms with Crippen LogP contribution in [0.15, 0.2) is 23.2 Å². The second kappa shape index (κ2) is 4.27. The molecule has 14 heavy (non-hydrogen) atoms. The van der Waals surface area contributed by atoms with Gasteiger partial charge in [0, 0.05) is 12.3 Å². The molecule has 0 heterocycles. The van der Waals surface area contributed by atoms with E-state index in [-0.39, 0.29) is 23.9 Å². The monoisotopic (exact) mass is 193 g/mol. The average Bonchev–Trinajstić information content (AvgIpc) is 2.01. The number of phenols is 2. The number of hydrogen-bond acceptors (Lipinski definition) is 4. The van der Waals surface area contributed by atoms with E-state index in [2.05, 4.69) is 4.99 Å². The fourth-order valence-corrected chi connectivity index (χ4v) is 0.942. The van der Waals surface area contributed by atoms with Crippen molar-refractivity contribution in [2.24, 2.45) is 10.7 Å². The van der Waals surface area contributed by atoms with Gasteiger partial charge in [-0.2, -0.15) is 0 Å². The minimum atomic E-state index is -0.0365. The van der Waals surface area contributed by atoms with Crippen LogP contribution in [0.4, 0.5) is 0 Å². The molecule has 0 unspecified atom stereocenters. The average molecular weight is 193 g/mol. The van der Waals surface area contributed by atoms with E-state index >= 15 is 0 Å². The predicted octanol–water partition coefficient (Wildman–Crippen LogP) is 0.453. The van der Waals surface area contributed by atoms with E-state index in [1.165, 1.54) is 24.4 Å². The summed E-state index contributed by atoms with van der Waals surface area (Å²) in [6.45, 7) is 0.108. The third-order valence-electron chi connectivity index (χ3n) is 1.43. The van der Waals surface area contributed by atoms with Crippen LogP contribution in [0.3, 0.4) is 0 Å². The van der Waals surface area contributed by atoms with Crippen LogP contribution in [0.25, 0.3) is 0 Å². The molecule has 0 saturated heterocycles. The number of rotatable bonds is 3. The van der Waals surface area contributed by atoms with E-state index in [1.807, 2.05) is 0 Å². The van der Waals surface area contributed by atoms with Gasteiger partial charge in [-0.15, -0.1) is 0 Å². The van der Waals surface area contributed by atoms with E-state index in [0.717, 1.165) is 0 Å². The topological polar surface area (TPSA) is 103 Å². The first-order valence-electron chi connectivity index (χ1n) is 3.93. The fraction of sp³-hybridized carbons (Fsp3) is 0.111. The van der Waals surface area contributed by atoms with Gasteiger partial charge in [0.15, 0.2) is 0 Å². The summed E-state index contributed by atoms with van der Waals surface area (Å²) in [5.41, 5.74) is 5.65. The Kier molecular flexibility index (Phi) is 3.06. The maximum Gasteiger partial charge on any atom is 0.119 e. The lowest BCUT2D eigenvalue weighted by molar-refractivity contribution is 0.450. The van der Waals surface area contributed by atoms with Crippen molar-refractivity contribution >= 4 is 12.1 Å². The molecule has 0 aromatic heterocycles. The van der Waals surface area contributed by atoms with Crippen LogP contribution in [0, 0.1) is 5.41 Å². The first kappa shape index (κ1) is 10.0. The highest BCUT2D eigenvalue weighted by Gasteiger charge is 1.95. The molecule has 0 fully saturated rings. The third-order valence-corrected chi connectivity index (χ3v) is 1.43. The van der Waals surface area contributed by atoms with Crippen LogP contribution >= 0.6 is 0 Å². The zero-order chi connectivity index (χ0) is 10.6. The highest BCUT2D eigenvalue weighted by molar-refractivity contribution is 5.85. The van der Waals surface area contributed by atoms with Crippen molar-refractivity contribution in [3.05, 3.63) is 23.8 Å². The van der Waals surface area contributed by atoms with Gasteiger partial charge in [0.25, 0.3) is 0 Å². The SMILES string of the molecule is N=C(N)CN=Cc1cc(O)cc(O)c1. The van der Waals surface area contributed by atoms with Gasteiger partial charge in [0.2, 0.25) is 0 Å². The van der Waals surface area contributed by atoms with Gasteiger partial charge in [-0.25, -0.2) is 0 Å². The molecule has 0 bridgehead atoms. The maximum absolute atomic E-state index is 9.11. The van der Waals surface area contributed by atoms with E-state index < -0.39 is 0 Å². The van der Waals surface area contributed by atoms with Gasteiger partial charge in [0.1, 0.15) is 17.3 Å². The minimum Gasteiger partial charge on any atom is -0.508 e. The van der Waals surface area contributed by atoms with E-state index in [0.29, 0.717) is 5.56 Å². The Hall–Kier alpha value is -2.04. The molecule has 0 atom stereocenters. The van der Waals surface area contributed by atoms with Crippen molar-refractivity contribution in [1.82, 2.24) is 0 Å². The number of phenolic OH excluding ortho intramolecular Hbond substituents is 2. The highest BCUT2D eigenvalue weighted by atomic mass is 16.3. The predicted molar refractivity (Wildman–Crippen MR) is 54.1 cm³/mol. The Balaban J connectivity index is 2.76. The largest absolute Gasteiger partial charge is 0.508 e. The molecule has 0 aliphatic carbocycles. The smallest absolute Gasteiger partial charge is 0.119 e. The number of aromatic hydroxyl groups is 2. The summed E-state index contributed by atoms with van der Waals surface area (Å²) in [6.07, 6.45) is 1.43. The number of hydrogen-bond donors (Lipinski definition) is 4. The Labute approximate surface area is 81.0 Å². The Bertz CT molecular complexity index is 354. The number of nitrogens with two attached hydrogens (primary N) is 1. The zero-order valence-corrected chi connectivity index (χ0v) is 7.44. The van der Waals surface area contributed by atoms with Gasteiger partial charge >= 0.3 is 0 Å². The molecule has 1 aromatic rings. The first-order valence-corrected chi connectivity index (χ1v) is 3.93. The lowest BCUT2D eigenvalue weighted by atomic mass is 10.2. The number of amidine groups is 1. The summed E-state index contributed by atoms with van der Waals surface area (Å²) in [6, 6.07) is 4.12. The molecule has 5 heteroatoms. The lowest BCUT2D eigenvalue weighted by Gasteiger charge is -1.97. The van der Waals surface area contributed by atoms with Gasteiger partial charge in [0.05, 0.1) is 6.54 Å². The summed E-state index contributed by atoms with van der Waals surface area (Å²) < 4.78 is 0. The molecular weight excluding hydrogens is 182 g/mol. The first-order chi connectivity index (χ1) is 6.58. The fourth-order valence-electron chi connectivity index (χ4n) is 0.942. The molecule has 5 N–H and O–H groups in total. The summed E-state index contributed by atoms with van der Waals surface area (Å²) in [4.78, 5) is 3.83. The normalized spacial score (nSPS) is 10.6. The Morgan fingerprint density at radius 2 is 1.93 bits per heavy atom. The van der Waals surface area contributed by atoms with Crippen LogP contribution in [0.1, 0.15) is 5.56 Å². The molecule has 0 radical (unpaired) electrons. The van der Waals surface area contributed by atoms with Crippen molar-refractivity contribution in [1.29, 1.82) is 5.41 Å². The van der Waals surface area contributed by atoms with E-state index in [4.69, 9.17) is 21.4 Å². The van der Waals surface area contributed by atoms with Gasteiger partial charge in [-0.3, -0.25) is 10.4 Å². The van der Waals surface area contributed by atoms with Crippen LogP contribution in [-0.4, -0.2) is 28.8 Å². The molecule has 0 saturated carbocycles. The molecule has 0 aliphatic rings. The molecule has 0 spiro atoms. The number of nitrogens with zero attached hydrogens (tertiary/aromatic N) is 1. The van der Waals surface area contributed by atoms with Crippen LogP contribution in [0.5, 0.6) is 11.5 Å². The number of nitrogens with one attached hydrogen (secondary N) is 1. The van der Waals surface area contributed by atoms with E-state index in [9.17, 15) is 0 Å². The van der Waals surface area contributed by atoms with Crippen molar-refractivity contribution in [2.45, 2.75) is 0 Å². The summed E-state index contributed by atoms with van der Waals surface area (Å²) in [5.74, 6) is -0.103. The Morgan fingerprint density at radius 3 is 2.43 bits per heavy atom. The van der Waals surface area contributed by atoms with E-state index in [1.54, 1.807) is 0 Å². The minimum absolute atomic E-state index is 0.0331. The van der Waals surface area contributed by atoms with Gasteiger partial charge in [-0.05, 0) is 17.7 Å². The van der Waals surface area contributed by atoms with Crippen molar-refractivity contribution < 1.29 is 10.2 Å². The Morgan fingerprint density at radius 1 is 1.36 bits per heavy atom.